The molecule has 1 aliphatic rings. The normalized spacial score (nSPS) is 15.9. The number of hydrogen-bond donors (Lipinski definition) is 2. The van der Waals surface area contributed by atoms with Crippen LogP contribution in [0.4, 0.5) is 10.1 Å². The molecule has 11 heteroatoms. The summed E-state index contributed by atoms with van der Waals surface area (Å²) in [5.41, 5.74) is 1.39. The van der Waals surface area contributed by atoms with Gasteiger partial charge in [0.25, 0.3) is 0 Å². The third kappa shape index (κ3) is 5.93. The van der Waals surface area contributed by atoms with Crippen LogP contribution < -0.4 is 10.6 Å². The summed E-state index contributed by atoms with van der Waals surface area (Å²) in [4.78, 5) is 25.9. The van der Waals surface area contributed by atoms with Crippen molar-refractivity contribution in [2.24, 2.45) is 0 Å². The predicted molar refractivity (Wildman–Crippen MR) is 121 cm³/mol. The Morgan fingerprint density at radius 3 is 2.83 bits per heavy atom. The minimum atomic E-state index is -0.396. The van der Waals surface area contributed by atoms with Gasteiger partial charge in [-0.15, -0.1) is 21.5 Å². The van der Waals surface area contributed by atoms with Gasteiger partial charge in [0.05, 0.1) is 24.0 Å². The molecule has 1 atom stereocenters. The smallest absolute Gasteiger partial charge is 0.341 e. The molecule has 30 heavy (non-hydrogen) atoms. The van der Waals surface area contributed by atoms with Crippen molar-refractivity contribution in [1.82, 2.24) is 10.2 Å². The van der Waals surface area contributed by atoms with Crippen molar-refractivity contribution in [3.63, 3.8) is 0 Å². The molecule has 164 valence electrons. The first-order chi connectivity index (χ1) is 14.5. The van der Waals surface area contributed by atoms with Crippen LogP contribution in [0.3, 0.4) is 0 Å². The van der Waals surface area contributed by atoms with E-state index in [1.807, 2.05) is 13.8 Å². The molecule has 0 aliphatic carbocycles. The molecule has 0 spiro atoms. The van der Waals surface area contributed by atoms with E-state index in [1.165, 1.54) is 34.4 Å². The van der Waals surface area contributed by atoms with E-state index in [-0.39, 0.29) is 17.8 Å². The van der Waals surface area contributed by atoms with E-state index in [0.29, 0.717) is 34.5 Å². The van der Waals surface area contributed by atoms with Gasteiger partial charge in [-0.05, 0) is 38.7 Å². The molecule has 0 bridgehead atoms. The summed E-state index contributed by atoms with van der Waals surface area (Å²) in [5.74, 6) is -0.410. The number of thiophene rings is 1. The highest BCUT2D eigenvalue weighted by Crippen LogP contribution is 2.34. The van der Waals surface area contributed by atoms with Gasteiger partial charge in [0, 0.05) is 18.0 Å². The standard InChI is InChI=1S/C19H26N4O4S3/c1-4-13-11(3)29-16(15(13)17(25)26-5-2)21-14(24)10-28-19-23-22-18(30-19)20-9-12-7-6-8-27-12/h12H,4-10H2,1-3H3,(H,20,22)(H,21,24). The predicted octanol–water partition coefficient (Wildman–Crippen LogP) is 3.97. The number of hydrogen-bond acceptors (Lipinski definition) is 10. The summed E-state index contributed by atoms with van der Waals surface area (Å²) >= 11 is 4.13. The molecule has 3 rings (SSSR count). The summed E-state index contributed by atoms with van der Waals surface area (Å²) in [7, 11) is 0. The number of nitrogens with zero attached hydrogens (tertiary/aromatic N) is 2. The molecule has 1 amide bonds. The maximum absolute atomic E-state index is 12.5. The maximum Gasteiger partial charge on any atom is 0.341 e. The molecule has 0 radical (unpaired) electrons. The van der Waals surface area contributed by atoms with Gasteiger partial charge in [-0.2, -0.15) is 0 Å². The topological polar surface area (TPSA) is 102 Å². The Hall–Kier alpha value is -1.69. The SMILES string of the molecule is CCOC(=O)c1c(NC(=O)CSc2nnc(NCC3CCCO3)s2)sc(C)c1CC. The van der Waals surface area contributed by atoms with Crippen LogP contribution >= 0.6 is 34.4 Å². The molecule has 0 aromatic carbocycles. The van der Waals surface area contributed by atoms with E-state index in [0.717, 1.165) is 35.0 Å². The van der Waals surface area contributed by atoms with Crippen molar-refractivity contribution < 1.29 is 19.1 Å². The highest BCUT2D eigenvalue weighted by molar-refractivity contribution is 8.01. The van der Waals surface area contributed by atoms with Gasteiger partial charge in [0.2, 0.25) is 11.0 Å². The third-order valence-corrected chi connectivity index (χ3v) is 7.61. The molecule has 8 nitrogen and oxygen atoms in total. The quantitative estimate of drug-likeness (QED) is 0.397. The van der Waals surface area contributed by atoms with Crippen LogP contribution in [-0.2, 0) is 20.7 Å². The Balaban J connectivity index is 1.54. The highest BCUT2D eigenvalue weighted by Gasteiger charge is 2.23. The molecule has 1 fully saturated rings. The summed E-state index contributed by atoms with van der Waals surface area (Å²) in [6.45, 7) is 7.53. The number of esters is 1. The van der Waals surface area contributed by atoms with Crippen LogP contribution in [0.1, 0.15) is 47.5 Å². The lowest BCUT2D eigenvalue weighted by Gasteiger charge is -2.08. The van der Waals surface area contributed by atoms with E-state index in [2.05, 4.69) is 20.8 Å². The van der Waals surface area contributed by atoms with Gasteiger partial charge >= 0.3 is 5.97 Å². The summed E-state index contributed by atoms with van der Waals surface area (Å²) in [6, 6.07) is 0. The zero-order valence-corrected chi connectivity index (χ0v) is 19.7. The number of anilines is 2. The van der Waals surface area contributed by atoms with Crippen molar-refractivity contribution in [3.05, 3.63) is 16.0 Å². The zero-order valence-electron chi connectivity index (χ0n) is 17.3. The molecular weight excluding hydrogens is 444 g/mol. The van der Waals surface area contributed by atoms with Crippen LogP contribution in [0.5, 0.6) is 0 Å². The van der Waals surface area contributed by atoms with Crippen LogP contribution in [0.2, 0.25) is 0 Å². The number of ether oxygens (including phenoxy) is 2. The van der Waals surface area contributed by atoms with Crippen molar-refractivity contribution in [2.75, 3.05) is 36.1 Å². The molecular formula is C19H26N4O4S3. The molecule has 1 aliphatic heterocycles. The Bertz CT molecular complexity index is 877. The monoisotopic (exact) mass is 470 g/mol. The molecule has 1 unspecified atom stereocenters. The fourth-order valence-corrected chi connectivity index (χ4v) is 5.86. The maximum atomic E-state index is 12.5. The Kier molecular flexibility index (Phi) is 8.49. The molecule has 2 aromatic heterocycles. The molecule has 2 N–H and O–H groups in total. The number of nitrogens with one attached hydrogen (secondary N) is 2. The number of carbonyl (C=O) groups excluding carboxylic acids is 2. The highest BCUT2D eigenvalue weighted by atomic mass is 32.2. The molecule has 3 heterocycles. The summed E-state index contributed by atoms with van der Waals surface area (Å²) in [6.07, 6.45) is 3.09. The minimum absolute atomic E-state index is 0.182. The van der Waals surface area contributed by atoms with Gasteiger partial charge in [-0.1, -0.05) is 30.0 Å². The zero-order chi connectivity index (χ0) is 21.5. The third-order valence-electron chi connectivity index (χ3n) is 4.53. The van der Waals surface area contributed by atoms with Crippen LogP contribution in [-0.4, -0.2) is 53.7 Å². The lowest BCUT2D eigenvalue weighted by Crippen LogP contribution is -2.18. The first-order valence-corrected chi connectivity index (χ1v) is 12.5. The van der Waals surface area contributed by atoms with Gasteiger partial charge in [0.15, 0.2) is 4.34 Å². The van der Waals surface area contributed by atoms with Crippen molar-refractivity contribution in [2.45, 2.75) is 50.5 Å². The summed E-state index contributed by atoms with van der Waals surface area (Å²) in [5, 5.41) is 15.6. The lowest BCUT2D eigenvalue weighted by atomic mass is 10.1. The van der Waals surface area contributed by atoms with Gasteiger partial charge < -0.3 is 20.1 Å². The van der Waals surface area contributed by atoms with E-state index in [4.69, 9.17) is 9.47 Å². The van der Waals surface area contributed by atoms with Crippen molar-refractivity contribution in [3.8, 4) is 0 Å². The Morgan fingerprint density at radius 2 is 2.13 bits per heavy atom. The fourth-order valence-electron chi connectivity index (χ4n) is 3.15. The average molecular weight is 471 g/mol. The largest absolute Gasteiger partial charge is 0.462 e. The molecule has 2 aromatic rings. The van der Waals surface area contributed by atoms with Crippen LogP contribution in [0, 0.1) is 6.92 Å². The van der Waals surface area contributed by atoms with Gasteiger partial charge in [-0.3, -0.25) is 4.79 Å². The average Bonchev–Trinajstić information content (AvgIpc) is 3.45. The van der Waals surface area contributed by atoms with Gasteiger partial charge in [-0.25, -0.2) is 4.79 Å². The number of amides is 1. The second-order valence-corrected chi connectivity index (χ2v) is 10.1. The van der Waals surface area contributed by atoms with E-state index >= 15 is 0 Å². The minimum Gasteiger partial charge on any atom is -0.462 e. The van der Waals surface area contributed by atoms with Crippen LogP contribution in [0.25, 0.3) is 0 Å². The van der Waals surface area contributed by atoms with Gasteiger partial charge in [0.1, 0.15) is 5.00 Å². The first-order valence-electron chi connectivity index (χ1n) is 9.92. The van der Waals surface area contributed by atoms with E-state index in [1.54, 1.807) is 6.92 Å². The van der Waals surface area contributed by atoms with Crippen molar-refractivity contribution >= 4 is 56.4 Å². The second kappa shape index (κ2) is 11.1. The Labute approximate surface area is 188 Å². The first kappa shape index (κ1) is 23.0. The molecule has 1 saturated heterocycles. The Morgan fingerprint density at radius 1 is 1.30 bits per heavy atom. The van der Waals surface area contributed by atoms with E-state index in [9.17, 15) is 9.59 Å². The number of aryl methyl sites for hydroxylation is 1. The number of carbonyl (C=O) groups is 2. The number of thioether (sulfide) groups is 1. The lowest BCUT2D eigenvalue weighted by molar-refractivity contribution is -0.113. The number of aromatic nitrogens is 2. The number of rotatable bonds is 10. The summed E-state index contributed by atoms with van der Waals surface area (Å²) < 4.78 is 11.5. The van der Waals surface area contributed by atoms with Crippen molar-refractivity contribution in [1.29, 1.82) is 0 Å². The van der Waals surface area contributed by atoms with Crippen LogP contribution in [0.15, 0.2) is 4.34 Å². The fraction of sp³-hybridized carbons (Fsp3) is 0.579. The van der Waals surface area contributed by atoms with E-state index < -0.39 is 5.97 Å². The second-order valence-electron chi connectivity index (χ2n) is 6.64. The molecule has 0 saturated carbocycles.